The molecule has 1 aliphatic rings. The summed E-state index contributed by atoms with van der Waals surface area (Å²) in [5, 5.41) is 0. The van der Waals surface area contributed by atoms with Gasteiger partial charge in [-0.25, -0.2) is 0 Å². The summed E-state index contributed by atoms with van der Waals surface area (Å²) in [6, 6.07) is 0. The zero-order valence-corrected chi connectivity index (χ0v) is 11.0. The van der Waals surface area contributed by atoms with Crippen LogP contribution < -0.4 is 5.73 Å². The molecule has 2 N–H and O–H groups in total. The summed E-state index contributed by atoms with van der Waals surface area (Å²) < 4.78 is 5.97. The van der Waals surface area contributed by atoms with Crippen molar-refractivity contribution in [2.75, 3.05) is 38.5 Å². The summed E-state index contributed by atoms with van der Waals surface area (Å²) >= 11 is 2.06. The Hall–Kier alpha value is 0.230. The Labute approximate surface area is 97.7 Å². The van der Waals surface area contributed by atoms with Crippen molar-refractivity contribution in [2.24, 2.45) is 5.73 Å². The van der Waals surface area contributed by atoms with Gasteiger partial charge < -0.3 is 10.5 Å². The third-order valence-electron chi connectivity index (χ3n) is 2.63. The zero-order chi connectivity index (χ0) is 11.3. The first-order valence-electron chi connectivity index (χ1n) is 5.75. The predicted molar refractivity (Wildman–Crippen MR) is 67.4 cm³/mol. The SMILES string of the molecule is CCOC(CN)CN1CCSC(C)(C)C1. The van der Waals surface area contributed by atoms with E-state index in [1.807, 2.05) is 6.92 Å². The predicted octanol–water partition coefficient (Wildman–Crippen LogP) is 1.18. The van der Waals surface area contributed by atoms with Crippen LogP contribution in [0.25, 0.3) is 0 Å². The molecule has 1 saturated heterocycles. The van der Waals surface area contributed by atoms with Crippen LogP contribution in [-0.4, -0.2) is 54.3 Å². The van der Waals surface area contributed by atoms with Crippen molar-refractivity contribution in [1.29, 1.82) is 0 Å². The van der Waals surface area contributed by atoms with Gasteiger partial charge in [0, 0.05) is 43.3 Å². The molecule has 0 radical (unpaired) electrons. The first-order chi connectivity index (χ1) is 7.07. The van der Waals surface area contributed by atoms with Crippen LogP contribution in [-0.2, 0) is 4.74 Å². The molecule has 0 aliphatic carbocycles. The first-order valence-corrected chi connectivity index (χ1v) is 6.74. The van der Waals surface area contributed by atoms with Gasteiger partial charge in [-0.1, -0.05) is 0 Å². The van der Waals surface area contributed by atoms with Crippen LogP contribution in [0, 0.1) is 0 Å². The topological polar surface area (TPSA) is 38.5 Å². The fraction of sp³-hybridized carbons (Fsp3) is 1.00. The summed E-state index contributed by atoms with van der Waals surface area (Å²) in [6.07, 6.45) is 0.203. The molecule has 1 unspecified atom stereocenters. The first kappa shape index (κ1) is 13.3. The molecule has 0 spiro atoms. The van der Waals surface area contributed by atoms with E-state index in [2.05, 4.69) is 30.5 Å². The second-order valence-corrected chi connectivity index (χ2v) is 6.46. The van der Waals surface area contributed by atoms with Crippen LogP contribution in [0.1, 0.15) is 20.8 Å². The fourth-order valence-corrected chi connectivity index (χ4v) is 3.16. The molecule has 1 heterocycles. The average Bonchev–Trinajstić information content (AvgIpc) is 2.15. The zero-order valence-electron chi connectivity index (χ0n) is 10.2. The van der Waals surface area contributed by atoms with Crippen molar-refractivity contribution in [3.63, 3.8) is 0 Å². The lowest BCUT2D eigenvalue weighted by Crippen LogP contribution is -2.47. The smallest absolute Gasteiger partial charge is 0.0823 e. The maximum atomic E-state index is 5.69. The maximum Gasteiger partial charge on any atom is 0.0823 e. The van der Waals surface area contributed by atoms with E-state index >= 15 is 0 Å². The van der Waals surface area contributed by atoms with E-state index in [1.165, 1.54) is 5.75 Å². The third-order valence-corrected chi connectivity index (χ3v) is 3.93. The Morgan fingerprint density at radius 2 is 2.27 bits per heavy atom. The number of rotatable bonds is 5. The standard InChI is InChI=1S/C11H24N2OS/c1-4-14-10(7-12)8-13-5-6-15-11(2,3)9-13/h10H,4-9,12H2,1-3H3. The second-order valence-electron chi connectivity index (χ2n) is 4.66. The van der Waals surface area contributed by atoms with Gasteiger partial charge >= 0.3 is 0 Å². The van der Waals surface area contributed by atoms with Crippen molar-refractivity contribution < 1.29 is 4.74 Å². The van der Waals surface area contributed by atoms with Crippen LogP contribution >= 0.6 is 11.8 Å². The fourth-order valence-electron chi connectivity index (χ4n) is 1.99. The Balaban J connectivity index is 2.36. The molecule has 1 rings (SSSR count). The van der Waals surface area contributed by atoms with Gasteiger partial charge in [0.2, 0.25) is 0 Å². The van der Waals surface area contributed by atoms with Crippen molar-refractivity contribution in [2.45, 2.75) is 31.6 Å². The van der Waals surface area contributed by atoms with E-state index in [4.69, 9.17) is 10.5 Å². The van der Waals surface area contributed by atoms with Crippen LogP contribution in [0.4, 0.5) is 0 Å². The summed E-state index contributed by atoms with van der Waals surface area (Å²) in [4.78, 5) is 2.48. The van der Waals surface area contributed by atoms with E-state index in [1.54, 1.807) is 0 Å². The lowest BCUT2D eigenvalue weighted by atomic mass is 10.1. The van der Waals surface area contributed by atoms with Crippen LogP contribution in [0.2, 0.25) is 0 Å². The molecular weight excluding hydrogens is 208 g/mol. The quantitative estimate of drug-likeness (QED) is 0.772. The Morgan fingerprint density at radius 3 is 2.80 bits per heavy atom. The minimum absolute atomic E-state index is 0.203. The van der Waals surface area contributed by atoms with Gasteiger partial charge in [0.05, 0.1) is 6.10 Å². The molecule has 3 nitrogen and oxygen atoms in total. The molecule has 0 amide bonds. The molecular formula is C11H24N2OS. The van der Waals surface area contributed by atoms with Gasteiger partial charge in [-0.3, -0.25) is 4.90 Å². The Kier molecular flexibility index (Phi) is 5.39. The molecule has 0 aromatic heterocycles. The minimum atomic E-state index is 0.203. The number of ether oxygens (including phenoxy) is 1. The van der Waals surface area contributed by atoms with E-state index < -0.39 is 0 Å². The second kappa shape index (κ2) is 6.09. The lowest BCUT2D eigenvalue weighted by Gasteiger charge is -2.38. The molecule has 0 saturated carbocycles. The average molecular weight is 232 g/mol. The number of thioether (sulfide) groups is 1. The molecule has 0 aromatic rings. The van der Waals surface area contributed by atoms with Gasteiger partial charge in [-0.05, 0) is 20.8 Å². The Morgan fingerprint density at radius 1 is 1.53 bits per heavy atom. The largest absolute Gasteiger partial charge is 0.376 e. The molecule has 1 fully saturated rings. The summed E-state index contributed by atoms with van der Waals surface area (Å²) in [6.45, 7) is 11.3. The summed E-state index contributed by atoms with van der Waals surface area (Å²) in [5.74, 6) is 1.22. The molecule has 0 bridgehead atoms. The number of hydrogen-bond acceptors (Lipinski definition) is 4. The van der Waals surface area contributed by atoms with E-state index in [0.717, 1.165) is 26.2 Å². The van der Waals surface area contributed by atoms with Crippen LogP contribution in [0.15, 0.2) is 0 Å². The van der Waals surface area contributed by atoms with E-state index in [-0.39, 0.29) is 6.10 Å². The molecule has 1 aliphatic heterocycles. The van der Waals surface area contributed by atoms with E-state index in [9.17, 15) is 0 Å². The summed E-state index contributed by atoms with van der Waals surface area (Å²) in [7, 11) is 0. The number of hydrogen-bond donors (Lipinski definition) is 1. The van der Waals surface area contributed by atoms with Gasteiger partial charge in [-0.2, -0.15) is 11.8 Å². The van der Waals surface area contributed by atoms with Crippen molar-refractivity contribution in [3.8, 4) is 0 Å². The van der Waals surface area contributed by atoms with Gasteiger partial charge in [-0.15, -0.1) is 0 Å². The molecule has 1 atom stereocenters. The highest BCUT2D eigenvalue weighted by Gasteiger charge is 2.28. The minimum Gasteiger partial charge on any atom is -0.376 e. The van der Waals surface area contributed by atoms with E-state index in [0.29, 0.717) is 11.3 Å². The van der Waals surface area contributed by atoms with Crippen molar-refractivity contribution >= 4 is 11.8 Å². The maximum absolute atomic E-state index is 5.69. The highest BCUT2D eigenvalue weighted by Crippen LogP contribution is 2.29. The molecule has 15 heavy (non-hydrogen) atoms. The third kappa shape index (κ3) is 4.72. The van der Waals surface area contributed by atoms with Gasteiger partial charge in [0.1, 0.15) is 0 Å². The molecule has 0 aromatic carbocycles. The molecule has 4 heteroatoms. The van der Waals surface area contributed by atoms with Crippen LogP contribution in [0.5, 0.6) is 0 Å². The van der Waals surface area contributed by atoms with Crippen molar-refractivity contribution in [1.82, 2.24) is 4.90 Å². The molecule has 90 valence electrons. The van der Waals surface area contributed by atoms with Crippen molar-refractivity contribution in [3.05, 3.63) is 0 Å². The Bertz CT molecular complexity index is 187. The van der Waals surface area contributed by atoms with Gasteiger partial charge in [0.25, 0.3) is 0 Å². The number of nitrogens with zero attached hydrogens (tertiary/aromatic N) is 1. The highest BCUT2D eigenvalue weighted by atomic mass is 32.2. The van der Waals surface area contributed by atoms with Crippen LogP contribution in [0.3, 0.4) is 0 Å². The lowest BCUT2D eigenvalue weighted by molar-refractivity contribution is 0.0382. The monoisotopic (exact) mass is 232 g/mol. The summed E-state index contributed by atoms with van der Waals surface area (Å²) in [5.41, 5.74) is 5.69. The highest BCUT2D eigenvalue weighted by molar-refractivity contribution is 8.00. The normalized spacial score (nSPS) is 24.0. The number of nitrogens with two attached hydrogens (primary N) is 1. The van der Waals surface area contributed by atoms with Gasteiger partial charge in [0.15, 0.2) is 0 Å².